The van der Waals surface area contributed by atoms with Gasteiger partial charge >= 0.3 is 0 Å². The minimum atomic E-state index is -0.00945. The van der Waals surface area contributed by atoms with Crippen molar-refractivity contribution in [3.8, 4) is 5.75 Å². The van der Waals surface area contributed by atoms with E-state index in [1.54, 1.807) is 29.9 Å². The van der Waals surface area contributed by atoms with E-state index < -0.39 is 0 Å². The van der Waals surface area contributed by atoms with Gasteiger partial charge < -0.3 is 4.74 Å². The van der Waals surface area contributed by atoms with Gasteiger partial charge in [0.25, 0.3) is 5.56 Å². The minimum absolute atomic E-state index is 0.00945. The predicted molar refractivity (Wildman–Crippen MR) is 96.5 cm³/mol. The fraction of sp³-hybridized carbons (Fsp3) is 0.158. The lowest BCUT2D eigenvalue weighted by Gasteiger charge is -2.06. The zero-order valence-corrected chi connectivity index (χ0v) is 13.9. The van der Waals surface area contributed by atoms with Crippen molar-refractivity contribution in [3.63, 3.8) is 0 Å². The Morgan fingerprint density at radius 1 is 1.21 bits per heavy atom. The van der Waals surface area contributed by atoms with Crippen LogP contribution >= 0.6 is 11.6 Å². The summed E-state index contributed by atoms with van der Waals surface area (Å²) < 4.78 is 6.92. The molecular formula is C19H15ClN2O2. The Hall–Kier alpha value is -2.59. The number of ether oxygens (including phenoxy) is 1. The topological polar surface area (TPSA) is 44.1 Å². The van der Waals surface area contributed by atoms with E-state index in [4.69, 9.17) is 16.3 Å². The Bertz CT molecular complexity index is 1020. The highest BCUT2D eigenvalue weighted by atomic mass is 35.5. The van der Waals surface area contributed by atoms with Crippen LogP contribution in [0, 0.1) is 0 Å². The molecule has 1 aliphatic rings. The van der Waals surface area contributed by atoms with E-state index in [1.165, 1.54) is 0 Å². The molecule has 0 bridgehead atoms. The monoisotopic (exact) mass is 338 g/mol. The highest BCUT2D eigenvalue weighted by Gasteiger charge is 2.20. The molecule has 0 unspecified atom stereocenters. The van der Waals surface area contributed by atoms with Crippen molar-refractivity contribution in [1.82, 2.24) is 9.55 Å². The second kappa shape index (κ2) is 5.80. The van der Waals surface area contributed by atoms with Gasteiger partial charge in [0, 0.05) is 11.6 Å². The first-order chi connectivity index (χ1) is 11.7. The summed E-state index contributed by atoms with van der Waals surface area (Å²) in [6.07, 6.45) is 2.86. The van der Waals surface area contributed by atoms with Crippen LogP contribution in [-0.4, -0.2) is 16.7 Å². The van der Waals surface area contributed by atoms with Crippen molar-refractivity contribution in [3.05, 3.63) is 69.2 Å². The van der Waals surface area contributed by atoms with Crippen molar-refractivity contribution in [2.45, 2.75) is 13.0 Å². The molecule has 0 saturated heterocycles. The molecule has 4 nitrogen and oxygen atoms in total. The van der Waals surface area contributed by atoms with E-state index in [-0.39, 0.29) is 5.56 Å². The van der Waals surface area contributed by atoms with Crippen molar-refractivity contribution < 1.29 is 4.74 Å². The van der Waals surface area contributed by atoms with E-state index in [0.717, 1.165) is 29.1 Å². The molecule has 4 rings (SSSR count). The maximum absolute atomic E-state index is 12.6. The van der Waals surface area contributed by atoms with Gasteiger partial charge in [0.05, 0.1) is 18.0 Å². The van der Waals surface area contributed by atoms with Crippen LogP contribution in [0.15, 0.2) is 47.3 Å². The van der Waals surface area contributed by atoms with E-state index in [1.807, 2.05) is 24.3 Å². The maximum atomic E-state index is 12.6. The van der Waals surface area contributed by atoms with Crippen LogP contribution in [0.3, 0.4) is 0 Å². The summed E-state index contributed by atoms with van der Waals surface area (Å²) in [6.45, 7) is 0.654. The van der Waals surface area contributed by atoms with Gasteiger partial charge in [-0.2, -0.15) is 0 Å². The standard InChI is InChI=1S/C19H15ClN2O2/c1-24-15-5-2-12(3-6-15)10-13-8-9-22-18(13)21-17-11-14(20)4-7-16(17)19(22)23/h2-7,10-11H,8-9H2,1H3. The number of fused-ring (bicyclic) bond motifs is 2. The number of aromatic nitrogens is 2. The number of hydrogen-bond donors (Lipinski definition) is 0. The number of rotatable bonds is 2. The van der Waals surface area contributed by atoms with Crippen molar-refractivity contribution in [2.75, 3.05) is 7.11 Å². The second-order valence-electron chi connectivity index (χ2n) is 5.75. The highest BCUT2D eigenvalue weighted by molar-refractivity contribution is 6.31. The van der Waals surface area contributed by atoms with E-state index >= 15 is 0 Å². The molecule has 120 valence electrons. The molecule has 24 heavy (non-hydrogen) atoms. The third kappa shape index (κ3) is 2.49. The van der Waals surface area contributed by atoms with Gasteiger partial charge in [-0.1, -0.05) is 23.7 Å². The van der Waals surface area contributed by atoms with Gasteiger partial charge in [0.1, 0.15) is 11.6 Å². The summed E-state index contributed by atoms with van der Waals surface area (Å²) in [5, 5.41) is 1.19. The predicted octanol–water partition coefficient (Wildman–Crippen LogP) is 4.00. The first-order valence-electron chi connectivity index (χ1n) is 7.71. The van der Waals surface area contributed by atoms with E-state index in [2.05, 4.69) is 11.1 Å². The summed E-state index contributed by atoms with van der Waals surface area (Å²) in [7, 11) is 1.65. The molecule has 0 N–H and O–H groups in total. The van der Waals surface area contributed by atoms with Gasteiger partial charge in [-0.15, -0.1) is 0 Å². The minimum Gasteiger partial charge on any atom is -0.497 e. The molecule has 1 aromatic heterocycles. The zero-order chi connectivity index (χ0) is 16.7. The molecule has 0 fully saturated rings. The van der Waals surface area contributed by atoms with Crippen molar-refractivity contribution >= 4 is 34.2 Å². The summed E-state index contributed by atoms with van der Waals surface area (Å²) in [5.41, 5.74) is 2.74. The average Bonchev–Trinajstić information content (AvgIpc) is 2.98. The second-order valence-corrected chi connectivity index (χ2v) is 6.18. The Labute approximate surface area is 144 Å². The zero-order valence-electron chi connectivity index (χ0n) is 13.1. The summed E-state index contributed by atoms with van der Waals surface area (Å²) in [4.78, 5) is 17.3. The summed E-state index contributed by atoms with van der Waals surface area (Å²) >= 11 is 6.04. The number of halogens is 1. The van der Waals surface area contributed by atoms with Gasteiger partial charge in [-0.25, -0.2) is 4.98 Å². The summed E-state index contributed by atoms with van der Waals surface area (Å²) in [5.74, 6) is 1.55. The van der Waals surface area contributed by atoms with E-state index in [0.29, 0.717) is 22.5 Å². The number of allylic oxidation sites excluding steroid dienone is 1. The molecule has 5 heteroatoms. The van der Waals surface area contributed by atoms with Crippen molar-refractivity contribution in [2.24, 2.45) is 0 Å². The molecule has 0 aliphatic carbocycles. The number of benzene rings is 2. The van der Waals surface area contributed by atoms with Crippen LogP contribution in [0.1, 0.15) is 17.8 Å². The van der Waals surface area contributed by atoms with Crippen LogP contribution < -0.4 is 10.3 Å². The summed E-state index contributed by atoms with van der Waals surface area (Å²) in [6, 6.07) is 13.0. The third-order valence-electron chi connectivity index (χ3n) is 4.27. The van der Waals surface area contributed by atoms with E-state index in [9.17, 15) is 4.79 Å². The third-order valence-corrected chi connectivity index (χ3v) is 4.50. The number of hydrogen-bond acceptors (Lipinski definition) is 3. The highest BCUT2D eigenvalue weighted by Crippen LogP contribution is 2.28. The molecular weight excluding hydrogens is 324 g/mol. The number of nitrogens with zero attached hydrogens (tertiary/aromatic N) is 2. The fourth-order valence-corrected chi connectivity index (χ4v) is 3.20. The Balaban J connectivity index is 1.84. The molecule has 3 aromatic rings. The maximum Gasteiger partial charge on any atom is 0.261 e. The van der Waals surface area contributed by atoms with Crippen LogP contribution in [0.5, 0.6) is 5.75 Å². The first-order valence-corrected chi connectivity index (χ1v) is 8.08. The SMILES string of the molecule is COc1ccc(C=C2CCn3c2nc2cc(Cl)ccc2c3=O)cc1. The smallest absolute Gasteiger partial charge is 0.261 e. The Kier molecular flexibility index (Phi) is 3.62. The average molecular weight is 339 g/mol. The Morgan fingerprint density at radius 2 is 2.00 bits per heavy atom. The molecule has 0 amide bonds. The quantitative estimate of drug-likeness (QED) is 0.709. The molecule has 2 aromatic carbocycles. The van der Waals surface area contributed by atoms with Gasteiger partial charge in [0.15, 0.2) is 0 Å². The molecule has 0 radical (unpaired) electrons. The van der Waals surface area contributed by atoms with Crippen molar-refractivity contribution in [1.29, 1.82) is 0 Å². The molecule has 2 heterocycles. The number of methoxy groups -OCH3 is 1. The molecule has 0 atom stereocenters. The Morgan fingerprint density at radius 3 is 2.75 bits per heavy atom. The normalized spacial score (nSPS) is 15.0. The van der Waals surface area contributed by atoms with Crippen LogP contribution in [0.25, 0.3) is 22.6 Å². The molecule has 0 saturated carbocycles. The molecule has 1 aliphatic heterocycles. The van der Waals surface area contributed by atoms with Crippen LogP contribution in [0.2, 0.25) is 5.02 Å². The van der Waals surface area contributed by atoms with Gasteiger partial charge in [-0.05, 0) is 54.0 Å². The fourth-order valence-electron chi connectivity index (χ4n) is 3.03. The lowest BCUT2D eigenvalue weighted by Crippen LogP contribution is -2.20. The first kappa shape index (κ1) is 15.0. The van der Waals surface area contributed by atoms with Gasteiger partial charge in [0.2, 0.25) is 0 Å². The lowest BCUT2D eigenvalue weighted by molar-refractivity contribution is 0.415. The van der Waals surface area contributed by atoms with Gasteiger partial charge in [-0.3, -0.25) is 9.36 Å². The van der Waals surface area contributed by atoms with Crippen LogP contribution in [0.4, 0.5) is 0 Å². The largest absolute Gasteiger partial charge is 0.497 e. The lowest BCUT2D eigenvalue weighted by atomic mass is 10.1. The van der Waals surface area contributed by atoms with Crippen LogP contribution in [-0.2, 0) is 6.54 Å². The molecule has 0 spiro atoms.